The van der Waals surface area contributed by atoms with Crippen LogP contribution in [-0.2, 0) is 0 Å². The highest BCUT2D eigenvalue weighted by Gasteiger charge is 2.22. The van der Waals surface area contributed by atoms with Gasteiger partial charge in [-0.3, -0.25) is 4.79 Å². The van der Waals surface area contributed by atoms with Crippen LogP contribution < -0.4 is 15.5 Å². The number of anilines is 1. The van der Waals surface area contributed by atoms with Crippen LogP contribution in [0.25, 0.3) is 0 Å². The van der Waals surface area contributed by atoms with Gasteiger partial charge in [-0.1, -0.05) is 0 Å². The van der Waals surface area contributed by atoms with Gasteiger partial charge in [-0.25, -0.2) is 4.98 Å². The fourth-order valence-corrected chi connectivity index (χ4v) is 2.28. The second-order valence-electron chi connectivity index (χ2n) is 5.26. The number of amides is 1. The number of piperidine rings is 1. The lowest BCUT2D eigenvalue weighted by molar-refractivity contribution is 0.0919. The summed E-state index contributed by atoms with van der Waals surface area (Å²) < 4.78 is 0. The Balaban J connectivity index is 1.99. The topological polar surface area (TPSA) is 57.3 Å². The first-order valence-electron chi connectivity index (χ1n) is 6.75. The minimum absolute atomic E-state index is 0.0432. The molecule has 0 aliphatic carbocycles. The third-order valence-electron chi connectivity index (χ3n) is 3.55. The molecule has 1 aliphatic heterocycles. The minimum atomic E-state index is -0.0432. The molecule has 1 amide bonds. The molecule has 0 saturated carbocycles. The van der Waals surface area contributed by atoms with E-state index in [0.717, 1.165) is 25.2 Å². The van der Waals surface area contributed by atoms with E-state index in [9.17, 15) is 4.79 Å². The maximum Gasteiger partial charge on any atom is 0.253 e. The van der Waals surface area contributed by atoms with Crippen LogP contribution in [0, 0.1) is 0 Å². The van der Waals surface area contributed by atoms with Crippen LogP contribution in [0.4, 0.5) is 5.82 Å². The van der Waals surface area contributed by atoms with Gasteiger partial charge in [-0.2, -0.15) is 0 Å². The lowest BCUT2D eigenvalue weighted by Gasteiger charge is -2.30. The molecular formula is C14H22N4O. The molecule has 2 rings (SSSR count). The molecule has 0 spiro atoms. The zero-order valence-corrected chi connectivity index (χ0v) is 11.8. The molecule has 1 fully saturated rings. The SMILES string of the molecule is CC1NCCCC1NC(=O)c1ccc(N(C)C)nc1. The van der Waals surface area contributed by atoms with Gasteiger partial charge in [0, 0.05) is 32.4 Å². The fraction of sp³-hybridized carbons (Fsp3) is 0.571. The molecule has 1 aromatic rings. The van der Waals surface area contributed by atoms with Crippen LogP contribution in [0.1, 0.15) is 30.1 Å². The van der Waals surface area contributed by atoms with Crippen molar-refractivity contribution in [3.05, 3.63) is 23.9 Å². The second-order valence-corrected chi connectivity index (χ2v) is 5.26. The van der Waals surface area contributed by atoms with Gasteiger partial charge in [0.15, 0.2) is 0 Å². The van der Waals surface area contributed by atoms with E-state index in [1.807, 2.05) is 31.1 Å². The van der Waals surface area contributed by atoms with E-state index in [0.29, 0.717) is 11.6 Å². The molecular weight excluding hydrogens is 240 g/mol. The number of aromatic nitrogens is 1. The van der Waals surface area contributed by atoms with Crippen molar-refractivity contribution in [2.75, 3.05) is 25.5 Å². The smallest absolute Gasteiger partial charge is 0.253 e. The number of nitrogens with zero attached hydrogens (tertiary/aromatic N) is 2. The maximum absolute atomic E-state index is 12.1. The van der Waals surface area contributed by atoms with Crippen molar-refractivity contribution in [3.8, 4) is 0 Å². The van der Waals surface area contributed by atoms with Gasteiger partial charge in [0.25, 0.3) is 5.91 Å². The number of hydrogen-bond donors (Lipinski definition) is 2. The first-order valence-corrected chi connectivity index (χ1v) is 6.75. The highest BCUT2D eigenvalue weighted by atomic mass is 16.1. The van der Waals surface area contributed by atoms with Crippen LogP contribution in [0.5, 0.6) is 0 Å². The third-order valence-corrected chi connectivity index (χ3v) is 3.55. The normalized spacial score (nSPS) is 22.9. The second kappa shape index (κ2) is 6.02. The van der Waals surface area contributed by atoms with E-state index in [-0.39, 0.29) is 11.9 Å². The van der Waals surface area contributed by atoms with E-state index in [4.69, 9.17) is 0 Å². The molecule has 2 heterocycles. The van der Waals surface area contributed by atoms with Gasteiger partial charge < -0.3 is 15.5 Å². The van der Waals surface area contributed by atoms with Crippen molar-refractivity contribution in [2.45, 2.75) is 31.8 Å². The van der Waals surface area contributed by atoms with E-state index >= 15 is 0 Å². The average Bonchev–Trinajstić information content (AvgIpc) is 2.41. The molecule has 19 heavy (non-hydrogen) atoms. The molecule has 2 N–H and O–H groups in total. The minimum Gasteiger partial charge on any atom is -0.363 e. The highest BCUT2D eigenvalue weighted by Crippen LogP contribution is 2.11. The van der Waals surface area contributed by atoms with Gasteiger partial charge in [0.1, 0.15) is 5.82 Å². The summed E-state index contributed by atoms with van der Waals surface area (Å²) in [5.41, 5.74) is 0.614. The zero-order valence-electron chi connectivity index (χ0n) is 11.8. The van der Waals surface area contributed by atoms with Gasteiger partial charge in [0.05, 0.1) is 5.56 Å². The van der Waals surface area contributed by atoms with E-state index in [1.54, 1.807) is 6.20 Å². The lowest BCUT2D eigenvalue weighted by atomic mass is 9.99. The zero-order chi connectivity index (χ0) is 13.8. The van der Waals surface area contributed by atoms with Crippen molar-refractivity contribution in [1.29, 1.82) is 0 Å². The number of pyridine rings is 1. The number of rotatable bonds is 3. The number of hydrogen-bond acceptors (Lipinski definition) is 4. The summed E-state index contributed by atoms with van der Waals surface area (Å²) in [7, 11) is 3.86. The number of nitrogens with one attached hydrogen (secondary N) is 2. The molecule has 0 bridgehead atoms. The Labute approximate surface area is 114 Å². The fourth-order valence-electron chi connectivity index (χ4n) is 2.28. The highest BCUT2D eigenvalue weighted by molar-refractivity contribution is 5.94. The van der Waals surface area contributed by atoms with Crippen LogP contribution in [0.2, 0.25) is 0 Å². The molecule has 1 aromatic heterocycles. The predicted octanol–water partition coefficient (Wildman–Crippen LogP) is 1.02. The maximum atomic E-state index is 12.1. The molecule has 1 saturated heterocycles. The monoisotopic (exact) mass is 262 g/mol. The van der Waals surface area contributed by atoms with Crippen molar-refractivity contribution in [1.82, 2.24) is 15.6 Å². The molecule has 2 atom stereocenters. The van der Waals surface area contributed by atoms with Gasteiger partial charge in [0.2, 0.25) is 0 Å². The molecule has 5 heteroatoms. The van der Waals surface area contributed by atoms with Crippen LogP contribution >= 0.6 is 0 Å². The Bertz CT molecular complexity index is 430. The standard InChI is InChI=1S/C14H22N4O/c1-10-12(5-4-8-15-10)17-14(19)11-6-7-13(16-9-11)18(2)3/h6-7,9-10,12,15H,4-5,8H2,1-3H3,(H,17,19). The Morgan fingerprint density at radius 2 is 2.26 bits per heavy atom. The van der Waals surface area contributed by atoms with Gasteiger partial charge in [-0.15, -0.1) is 0 Å². The number of carbonyl (C=O) groups is 1. The summed E-state index contributed by atoms with van der Waals surface area (Å²) in [5, 5.41) is 6.45. The van der Waals surface area contributed by atoms with Gasteiger partial charge in [-0.05, 0) is 38.4 Å². The molecule has 0 aromatic carbocycles. The summed E-state index contributed by atoms with van der Waals surface area (Å²) in [5.74, 6) is 0.808. The molecule has 2 unspecified atom stereocenters. The summed E-state index contributed by atoms with van der Waals surface area (Å²) in [4.78, 5) is 18.3. The predicted molar refractivity (Wildman–Crippen MR) is 76.5 cm³/mol. The molecule has 0 radical (unpaired) electrons. The molecule has 104 valence electrons. The Hall–Kier alpha value is -1.62. The largest absolute Gasteiger partial charge is 0.363 e. The van der Waals surface area contributed by atoms with E-state index < -0.39 is 0 Å². The Morgan fingerprint density at radius 3 is 2.84 bits per heavy atom. The first-order chi connectivity index (χ1) is 9.08. The lowest BCUT2D eigenvalue weighted by Crippen LogP contribution is -2.51. The number of carbonyl (C=O) groups excluding carboxylic acids is 1. The summed E-state index contributed by atoms with van der Waals surface area (Å²) >= 11 is 0. The Morgan fingerprint density at radius 1 is 1.47 bits per heavy atom. The van der Waals surface area contributed by atoms with Crippen molar-refractivity contribution >= 4 is 11.7 Å². The Kier molecular flexibility index (Phi) is 4.37. The van der Waals surface area contributed by atoms with Crippen LogP contribution in [0.15, 0.2) is 18.3 Å². The molecule has 5 nitrogen and oxygen atoms in total. The van der Waals surface area contributed by atoms with E-state index in [1.165, 1.54) is 0 Å². The van der Waals surface area contributed by atoms with Crippen molar-refractivity contribution < 1.29 is 4.79 Å². The van der Waals surface area contributed by atoms with Crippen molar-refractivity contribution in [3.63, 3.8) is 0 Å². The quantitative estimate of drug-likeness (QED) is 0.854. The summed E-state index contributed by atoms with van der Waals surface area (Å²) in [6.45, 7) is 3.14. The summed E-state index contributed by atoms with van der Waals surface area (Å²) in [6, 6.07) is 4.21. The first kappa shape index (κ1) is 13.8. The molecule has 1 aliphatic rings. The summed E-state index contributed by atoms with van der Waals surface area (Å²) in [6.07, 6.45) is 3.77. The van der Waals surface area contributed by atoms with E-state index in [2.05, 4.69) is 22.5 Å². The van der Waals surface area contributed by atoms with Crippen LogP contribution in [0.3, 0.4) is 0 Å². The van der Waals surface area contributed by atoms with Crippen LogP contribution in [-0.4, -0.2) is 43.6 Å². The van der Waals surface area contributed by atoms with Crippen molar-refractivity contribution in [2.24, 2.45) is 0 Å². The third kappa shape index (κ3) is 3.44. The average molecular weight is 262 g/mol. The van der Waals surface area contributed by atoms with Gasteiger partial charge >= 0.3 is 0 Å².